The van der Waals surface area contributed by atoms with Crippen LogP contribution in [0.15, 0.2) is 29.4 Å². The number of carbonyl (C=O) groups is 1. The third-order valence-electron chi connectivity index (χ3n) is 4.61. The van der Waals surface area contributed by atoms with Gasteiger partial charge in [0, 0.05) is 18.2 Å². The van der Waals surface area contributed by atoms with E-state index in [0.29, 0.717) is 23.9 Å². The summed E-state index contributed by atoms with van der Waals surface area (Å²) < 4.78 is 24.7. The summed E-state index contributed by atoms with van der Waals surface area (Å²) in [6.07, 6.45) is 0.497. The molecule has 1 aliphatic rings. The fourth-order valence-corrected chi connectivity index (χ4v) is 5.62. The fraction of sp³-hybridized carbons (Fsp3) is 0.471. The number of rotatable bonds is 6. The Balaban J connectivity index is 1.66. The van der Waals surface area contributed by atoms with E-state index in [4.69, 9.17) is 5.84 Å². The molecule has 2 aromatic rings. The van der Waals surface area contributed by atoms with Crippen molar-refractivity contribution in [2.45, 2.75) is 31.5 Å². The van der Waals surface area contributed by atoms with Crippen molar-refractivity contribution in [1.82, 2.24) is 19.8 Å². The molecule has 1 aromatic carbocycles. The van der Waals surface area contributed by atoms with Gasteiger partial charge < -0.3 is 10.7 Å². The lowest BCUT2D eigenvalue weighted by Crippen LogP contribution is -2.42. The van der Waals surface area contributed by atoms with Crippen molar-refractivity contribution >= 4 is 27.5 Å². The van der Waals surface area contributed by atoms with E-state index >= 15 is 0 Å². The van der Waals surface area contributed by atoms with Gasteiger partial charge in [-0.1, -0.05) is 41.6 Å². The number of amides is 1. The second kappa shape index (κ2) is 7.89. The Morgan fingerprint density at radius 3 is 2.63 bits per heavy atom. The molecule has 146 valence electrons. The molecule has 1 fully saturated rings. The molecule has 1 atom stereocenters. The summed E-state index contributed by atoms with van der Waals surface area (Å²) in [6.45, 7) is 4.33. The molecule has 1 saturated heterocycles. The number of nitrogens with zero attached hydrogens (tertiary/aromatic N) is 4. The maximum atomic E-state index is 12.6. The van der Waals surface area contributed by atoms with Crippen LogP contribution in [0.4, 0.5) is 0 Å². The van der Waals surface area contributed by atoms with Crippen LogP contribution < -0.4 is 5.84 Å². The highest BCUT2D eigenvalue weighted by atomic mass is 32.2. The highest BCUT2D eigenvalue weighted by molar-refractivity contribution is 7.99. The predicted molar refractivity (Wildman–Crippen MR) is 106 cm³/mol. The predicted octanol–water partition coefficient (Wildman–Crippen LogP) is 1.10. The van der Waals surface area contributed by atoms with E-state index in [0.717, 1.165) is 11.1 Å². The minimum atomic E-state index is -3.04. The molecular weight excluding hydrogens is 386 g/mol. The molecule has 0 radical (unpaired) electrons. The van der Waals surface area contributed by atoms with E-state index < -0.39 is 9.84 Å². The van der Waals surface area contributed by atoms with E-state index in [1.165, 1.54) is 16.4 Å². The van der Waals surface area contributed by atoms with E-state index in [9.17, 15) is 13.2 Å². The molecule has 1 aromatic heterocycles. The van der Waals surface area contributed by atoms with Crippen molar-refractivity contribution in [3.63, 3.8) is 0 Å². The van der Waals surface area contributed by atoms with Gasteiger partial charge in [-0.3, -0.25) is 4.79 Å². The molecule has 0 aliphatic carbocycles. The number of nitrogen functional groups attached to an aromatic ring is 1. The van der Waals surface area contributed by atoms with Crippen molar-refractivity contribution in [3.05, 3.63) is 29.8 Å². The van der Waals surface area contributed by atoms with Gasteiger partial charge in [-0.05, 0) is 20.3 Å². The van der Waals surface area contributed by atoms with Gasteiger partial charge in [-0.2, -0.15) is 0 Å². The molecule has 2 N–H and O–H groups in total. The standard InChI is InChI=1S/C17H23N5O3S2/c1-3-21(14-8-9-27(24,25)11-14)15(23)10-26-17-20-19-16(22(17)18)13-6-4-12(2)5-7-13/h4-7,14H,3,8-11,18H2,1-2H3. The summed E-state index contributed by atoms with van der Waals surface area (Å²) in [4.78, 5) is 14.2. The Kier molecular flexibility index (Phi) is 5.75. The molecule has 0 saturated carbocycles. The number of hydrogen-bond donors (Lipinski definition) is 1. The average molecular weight is 410 g/mol. The number of carbonyl (C=O) groups excluding carboxylic acids is 1. The van der Waals surface area contributed by atoms with Gasteiger partial charge in [0.1, 0.15) is 0 Å². The van der Waals surface area contributed by atoms with Crippen LogP contribution >= 0.6 is 11.8 Å². The Labute approximate surface area is 163 Å². The fourth-order valence-electron chi connectivity index (χ4n) is 3.14. The molecule has 0 bridgehead atoms. The van der Waals surface area contributed by atoms with E-state index in [1.807, 2.05) is 38.1 Å². The number of aryl methyl sites for hydroxylation is 1. The summed E-state index contributed by atoms with van der Waals surface area (Å²) in [5.74, 6) is 6.82. The monoisotopic (exact) mass is 409 g/mol. The van der Waals surface area contributed by atoms with Gasteiger partial charge in [-0.15, -0.1) is 10.2 Å². The molecule has 0 spiro atoms. The summed E-state index contributed by atoms with van der Waals surface area (Å²) in [5, 5.41) is 8.63. The van der Waals surface area contributed by atoms with E-state index in [1.54, 1.807) is 4.90 Å². The lowest BCUT2D eigenvalue weighted by molar-refractivity contribution is -0.129. The zero-order chi connectivity index (χ0) is 19.6. The normalized spacial score (nSPS) is 18.5. The van der Waals surface area contributed by atoms with Crippen LogP contribution in [-0.2, 0) is 14.6 Å². The first-order valence-corrected chi connectivity index (χ1v) is 11.5. The molecule has 3 rings (SSSR count). The number of benzene rings is 1. The van der Waals surface area contributed by atoms with Gasteiger partial charge >= 0.3 is 0 Å². The van der Waals surface area contributed by atoms with Gasteiger partial charge in [0.05, 0.1) is 17.3 Å². The second-order valence-corrected chi connectivity index (χ2v) is 9.74. The summed E-state index contributed by atoms with van der Waals surface area (Å²) in [7, 11) is -3.04. The van der Waals surface area contributed by atoms with Crippen LogP contribution in [0.5, 0.6) is 0 Å². The third kappa shape index (κ3) is 4.44. The summed E-state index contributed by atoms with van der Waals surface area (Å²) >= 11 is 1.20. The SMILES string of the molecule is CCN(C(=O)CSc1nnc(-c2ccc(C)cc2)n1N)C1CCS(=O)(=O)C1. The molecule has 8 nitrogen and oxygen atoms in total. The Morgan fingerprint density at radius 1 is 1.33 bits per heavy atom. The van der Waals surface area contributed by atoms with Crippen molar-refractivity contribution in [2.75, 3.05) is 29.6 Å². The number of hydrogen-bond acceptors (Lipinski definition) is 7. The first-order chi connectivity index (χ1) is 12.8. The van der Waals surface area contributed by atoms with Crippen LogP contribution in [0.3, 0.4) is 0 Å². The number of aromatic nitrogens is 3. The van der Waals surface area contributed by atoms with E-state index in [-0.39, 0.29) is 29.2 Å². The maximum Gasteiger partial charge on any atom is 0.233 e. The lowest BCUT2D eigenvalue weighted by atomic mass is 10.1. The van der Waals surface area contributed by atoms with Gasteiger partial charge in [0.15, 0.2) is 15.7 Å². The van der Waals surface area contributed by atoms with Gasteiger partial charge in [0.2, 0.25) is 11.1 Å². The second-order valence-electron chi connectivity index (χ2n) is 6.57. The first kappa shape index (κ1) is 19.7. The Bertz CT molecular complexity index is 925. The average Bonchev–Trinajstić information content (AvgIpc) is 3.17. The minimum absolute atomic E-state index is 0.0435. The molecule has 2 heterocycles. The third-order valence-corrected chi connectivity index (χ3v) is 7.29. The Hall–Kier alpha value is -2.07. The highest BCUT2D eigenvalue weighted by Crippen LogP contribution is 2.23. The van der Waals surface area contributed by atoms with Crippen molar-refractivity contribution in [2.24, 2.45) is 0 Å². The molecule has 1 unspecified atom stereocenters. The number of nitrogens with two attached hydrogens (primary N) is 1. The topological polar surface area (TPSA) is 111 Å². The number of thioether (sulfide) groups is 1. The first-order valence-electron chi connectivity index (χ1n) is 8.71. The zero-order valence-electron chi connectivity index (χ0n) is 15.3. The highest BCUT2D eigenvalue weighted by Gasteiger charge is 2.33. The minimum Gasteiger partial charge on any atom is -0.338 e. The van der Waals surface area contributed by atoms with Crippen molar-refractivity contribution in [1.29, 1.82) is 0 Å². The van der Waals surface area contributed by atoms with Crippen LogP contribution in [0.1, 0.15) is 18.9 Å². The molecule has 10 heteroatoms. The molecule has 27 heavy (non-hydrogen) atoms. The van der Waals surface area contributed by atoms with Gasteiger partial charge in [0.25, 0.3) is 0 Å². The lowest BCUT2D eigenvalue weighted by Gasteiger charge is -2.26. The van der Waals surface area contributed by atoms with Crippen LogP contribution in [0.25, 0.3) is 11.4 Å². The smallest absolute Gasteiger partial charge is 0.233 e. The largest absolute Gasteiger partial charge is 0.338 e. The van der Waals surface area contributed by atoms with Gasteiger partial charge in [-0.25, -0.2) is 13.1 Å². The summed E-state index contributed by atoms with van der Waals surface area (Å²) in [5.41, 5.74) is 1.98. The van der Waals surface area contributed by atoms with E-state index in [2.05, 4.69) is 10.2 Å². The van der Waals surface area contributed by atoms with Crippen LogP contribution in [0, 0.1) is 6.92 Å². The maximum absolute atomic E-state index is 12.6. The molecule has 1 amide bonds. The molecular formula is C17H23N5O3S2. The van der Waals surface area contributed by atoms with Crippen LogP contribution in [0.2, 0.25) is 0 Å². The van der Waals surface area contributed by atoms with Crippen molar-refractivity contribution in [3.8, 4) is 11.4 Å². The van der Waals surface area contributed by atoms with Crippen LogP contribution in [-0.4, -0.2) is 63.9 Å². The molecule has 1 aliphatic heterocycles. The number of sulfone groups is 1. The summed E-state index contributed by atoms with van der Waals surface area (Å²) in [6, 6.07) is 7.53. The Morgan fingerprint density at radius 2 is 2.04 bits per heavy atom. The zero-order valence-corrected chi connectivity index (χ0v) is 17.0. The quantitative estimate of drug-likeness (QED) is 0.561. The van der Waals surface area contributed by atoms with Crippen molar-refractivity contribution < 1.29 is 13.2 Å².